The lowest BCUT2D eigenvalue weighted by Gasteiger charge is -2.58. The van der Waals surface area contributed by atoms with Crippen LogP contribution in [0.3, 0.4) is 0 Å². The Labute approximate surface area is 142 Å². The van der Waals surface area contributed by atoms with Gasteiger partial charge in [0, 0.05) is 12.6 Å². The molecule has 0 bridgehead atoms. The fraction of sp³-hybridized carbons (Fsp3) is 0.579. The van der Waals surface area contributed by atoms with Gasteiger partial charge in [-0.15, -0.1) is 0 Å². The summed E-state index contributed by atoms with van der Waals surface area (Å²) in [6.07, 6.45) is 4.39. The number of amides is 1. The molecule has 0 N–H and O–H groups in total. The van der Waals surface area contributed by atoms with E-state index < -0.39 is 6.10 Å². The van der Waals surface area contributed by atoms with Crippen molar-refractivity contribution in [3.05, 3.63) is 24.3 Å². The van der Waals surface area contributed by atoms with Gasteiger partial charge in [-0.1, -0.05) is 13.3 Å². The molecule has 0 aromatic heterocycles. The van der Waals surface area contributed by atoms with Crippen molar-refractivity contribution >= 4 is 17.6 Å². The van der Waals surface area contributed by atoms with Crippen LogP contribution in [0.25, 0.3) is 0 Å². The Morgan fingerprint density at radius 2 is 1.88 bits per heavy atom. The molecule has 1 aliphatic carbocycles. The van der Waals surface area contributed by atoms with E-state index in [9.17, 15) is 9.59 Å². The highest BCUT2D eigenvalue weighted by Crippen LogP contribution is 2.49. The van der Waals surface area contributed by atoms with Crippen molar-refractivity contribution in [2.75, 3.05) is 12.0 Å². The first-order valence-corrected chi connectivity index (χ1v) is 8.67. The molecule has 1 atom stereocenters. The zero-order valence-corrected chi connectivity index (χ0v) is 14.6. The van der Waals surface area contributed by atoms with Crippen LogP contribution in [0.5, 0.6) is 5.75 Å². The van der Waals surface area contributed by atoms with Gasteiger partial charge in [-0.2, -0.15) is 0 Å². The maximum atomic E-state index is 12.7. The summed E-state index contributed by atoms with van der Waals surface area (Å²) in [5.41, 5.74) is 0.461. The molecule has 5 nitrogen and oxygen atoms in total. The normalized spacial score (nSPS) is 29.3. The molecular formula is C19H25NO4. The second-order valence-corrected chi connectivity index (χ2v) is 6.82. The number of rotatable bonds is 4. The maximum Gasteiger partial charge on any atom is 0.303 e. The molecule has 1 aromatic carbocycles. The molecule has 1 saturated carbocycles. The van der Waals surface area contributed by atoms with E-state index in [0.717, 1.165) is 43.5 Å². The van der Waals surface area contributed by atoms with Crippen molar-refractivity contribution in [3.8, 4) is 5.75 Å². The van der Waals surface area contributed by atoms with Gasteiger partial charge in [0.2, 0.25) is 6.10 Å². The smallest absolute Gasteiger partial charge is 0.303 e. The van der Waals surface area contributed by atoms with E-state index >= 15 is 0 Å². The fourth-order valence-electron chi connectivity index (χ4n) is 4.13. The molecule has 5 heteroatoms. The first kappa shape index (κ1) is 16.8. The minimum Gasteiger partial charge on any atom is -0.497 e. The van der Waals surface area contributed by atoms with Crippen LogP contribution in [-0.4, -0.2) is 30.6 Å². The Morgan fingerprint density at radius 1 is 1.25 bits per heavy atom. The third-order valence-corrected chi connectivity index (χ3v) is 5.54. The molecule has 2 fully saturated rings. The van der Waals surface area contributed by atoms with Gasteiger partial charge < -0.3 is 9.47 Å². The van der Waals surface area contributed by atoms with E-state index in [2.05, 4.69) is 6.92 Å². The van der Waals surface area contributed by atoms with Gasteiger partial charge >= 0.3 is 5.97 Å². The Balaban J connectivity index is 1.89. The van der Waals surface area contributed by atoms with E-state index in [-0.39, 0.29) is 17.4 Å². The van der Waals surface area contributed by atoms with Crippen LogP contribution >= 0.6 is 0 Å². The molecule has 1 aliphatic heterocycles. The van der Waals surface area contributed by atoms with Crippen LogP contribution in [0, 0.1) is 5.92 Å². The number of hydrogen-bond donors (Lipinski definition) is 0. The number of ether oxygens (including phenoxy) is 2. The van der Waals surface area contributed by atoms with Gasteiger partial charge in [-0.25, -0.2) is 0 Å². The second-order valence-electron chi connectivity index (χ2n) is 6.82. The zero-order chi connectivity index (χ0) is 17.3. The number of methoxy groups -OCH3 is 1. The van der Waals surface area contributed by atoms with Crippen molar-refractivity contribution < 1.29 is 19.1 Å². The summed E-state index contributed by atoms with van der Waals surface area (Å²) >= 11 is 0. The zero-order valence-electron chi connectivity index (χ0n) is 14.6. The molecular weight excluding hydrogens is 306 g/mol. The summed E-state index contributed by atoms with van der Waals surface area (Å²) in [5.74, 6) is 0.944. The topological polar surface area (TPSA) is 55.8 Å². The first-order valence-electron chi connectivity index (χ1n) is 8.67. The Bertz CT molecular complexity index is 617. The molecule has 1 amide bonds. The summed E-state index contributed by atoms with van der Waals surface area (Å²) in [5, 5.41) is 0. The van der Waals surface area contributed by atoms with Crippen LogP contribution in [0.4, 0.5) is 5.69 Å². The third-order valence-electron chi connectivity index (χ3n) is 5.54. The lowest BCUT2D eigenvalue weighted by atomic mass is 9.66. The molecule has 3 rings (SSSR count). The molecule has 1 spiro atoms. The van der Waals surface area contributed by atoms with Crippen LogP contribution < -0.4 is 9.64 Å². The molecule has 0 unspecified atom stereocenters. The van der Waals surface area contributed by atoms with Gasteiger partial charge in [-0.3, -0.25) is 14.5 Å². The Morgan fingerprint density at radius 3 is 2.38 bits per heavy atom. The quantitative estimate of drug-likeness (QED) is 0.627. The SMILES string of the molecule is CCC1CCC2(CC1)[C@@H](OC(C)=O)C(=O)N2c1ccc(OC)cc1. The second kappa shape index (κ2) is 6.46. The largest absolute Gasteiger partial charge is 0.497 e. The number of β-lactam (4-membered cyclic amide) rings is 1. The number of carbonyl (C=O) groups excluding carboxylic acids is 2. The summed E-state index contributed by atoms with van der Waals surface area (Å²) in [6, 6.07) is 7.50. The van der Waals surface area contributed by atoms with Crippen LogP contribution in [0.2, 0.25) is 0 Å². The number of anilines is 1. The van der Waals surface area contributed by atoms with Gasteiger partial charge in [0.1, 0.15) is 5.75 Å². The first-order chi connectivity index (χ1) is 11.5. The number of esters is 1. The number of benzene rings is 1. The predicted octanol–water partition coefficient (Wildman–Crippen LogP) is 3.31. The predicted molar refractivity (Wildman–Crippen MR) is 91.0 cm³/mol. The third kappa shape index (κ3) is 2.66. The average molecular weight is 331 g/mol. The lowest BCUT2D eigenvalue weighted by molar-refractivity contribution is -0.169. The Hall–Kier alpha value is -2.04. The van der Waals surface area contributed by atoms with Crippen molar-refractivity contribution in [2.45, 2.75) is 57.6 Å². The summed E-state index contributed by atoms with van der Waals surface area (Å²) in [4.78, 5) is 26.0. The Kier molecular flexibility index (Phi) is 4.52. The maximum absolute atomic E-state index is 12.7. The van der Waals surface area contributed by atoms with Crippen LogP contribution in [0.15, 0.2) is 24.3 Å². The fourth-order valence-corrected chi connectivity index (χ4v) is 4.13. The van der Waals surface area contributed by atoms with E-state index in [0.29, 0.717) is 5.92 Å². The van der Waals surface area contributed by atoms with Gasteiger partial charge in [0.15, 0.2) is 0 Å². The van der Waals surface area contributed by atoms with E-state index in [4.69, 9.17) is 9.47 Å². The van der Waals surface area contributed by atoms with Crippen LogP contribution in [-0.2, 0) is 14.3 Å². The lowest BCUT2D eigenvalue weighted by Crippen LogP contribution is -2.76. The molecule has 2 aliphatic rings. The summed E-state index contributed by atoms with van der Waals surface area (Å²) in [6.45, 7) is 3.58. The van der Waals surface area contributed by atoms with Crippen molar-refractivity contribution in [2.24, 2.45) is 5.92 Å². The number of nitrogens with zero attached hydrogens (tertiary/aromatic N) is 1. The molecule has 1 aromatic rings. The molecule has 1 heterocycles. The molecule has 130 valence electrons. The van der Waals surface area contributed by atoms with Crippen molar-refractivity contribution in [1.29, 1.82) is 0 Å². The molecule has 1 saturated heterocycles. The van der Waals surface area contributed by atoms with Gasteiger partial charge in [0.25, 0.3) is 5.91 Å². The molecule has 24 heavy (non-hydrogen) atoms. The minimum absolute atomic E-state index is 0.120. The average Bonchev–Trinajstić information content (AvgIpc) is 2.61. The van der Waals surface area contributed by atoms with Gasteiger partial charge in [0.05, 0.1) is 12.6 Å². The van der Waals surface area contributed by atoms with Gasteiger partial charge in [-0.05, 0) is 55.9 Å². The number of carbonyl (C=O) groups is 2. The summed E-state index contributed by atoms with van der Waals surface area (Å²) in [7, 11) is 1.62. The monoisotopic (exact) mass is 331 g/mol. The van der Waals surface area contributed by atoms with E-state index in [1.54, 1.807) is 7.11 Å². The summed E-state index contributed by atoms with van der Waals surface area (Å²) < 4.78 is 10.6. The highest BCUT2D eigenvalue weighted by atomic mass is 16.6. The van der Waals surface area contributed by atoms with Crippen molar-refractivity contribution in [1.82, 2.24) is 0 Å². The standard InChI is InChI=1S/C19H25NO4/c1-4-14-9-11-19(12-10-14)17(24-13(2)21)18(22)20(19)15-5-7-16(23-3)8-6-15/h5-8,14,17H,4,9-12H2,1-3H3/t14?,17-,19?/m0/s1. The highest BCUT2D eigenvalue weighted by Gasteiger charge is 2.63. The minimum atomic E-state index is -0.644. The van der Waals surface area contributed by atoms with Crippen LogP contribution in [0.1, 0.15) is 46.0 Å². The van der Waals surface area contributed by atoms with E-state index in [1.807, 2.05) is 29.2 Å². The number of hydrogen-bond acceptors (Lipinski definition) is 4. The van der Waals surface area contributed by atoms with Crippen molar-refractivity contribution in [3.63, 3.8) is 0 Å². The highest BCUT2D eigenvalue weighted by molar-refractivity contribution is 6.07. The van der Waals surface area contributed by atoms with E-state index in [1.165, 1.54) is 6.92 Å². The molecule has 0 radical (unpaired) electrons.